The molecule has 1 fully saturated rings. The second kappa shape index (κ2) is 5.14. The third-order valence-corrected chi connectivity index (χ3v) is 2.08. The molecule has 13 heavy (non-hydrogen) atoms. The smallest absolute Gasteiger partial charge is 0.184 e. The van der Waals surface area contributed by atoms with Crippen molar-refractivity contribution in [2.45, 2.75) is 19.8 Å². The first-order chi connectivity index (χ1) is 6.22. The summed E-state index contributed by atoms with van der Waals surface area (Å²) in [6, 6.07) is 0. The van der Waals surface area contributed by atoms with Crippen LogP contribution in [0.4, 0.5) is 0 Å². The summed E-state index contributed by atoms with van der Waals surface area (Å²) in [7, 11) is 0. The third kappa shape index (κ3) is 3.69. The molecule has 1 aliphatic rings. The van der Waals surface area contributed by atoms with E-state index in [1.54, 1.807) is 0 Å². The van der Waals surface area contributed by atoms with Gasteiger partial charge in [-0.3, -0.25) is 10.3 Å². The zero-order valence-corrected chi connectivity index (χ0v) is 8.73. The van der Waals surface area contributed by atoms with Crippen LogP contribution in [0, 0.1) is 0 Å². The van der Waals surface area contributed by atoms with Crippen LogP contribution in [0.15, 0.2) is 5.10 Å². The van der Waals surface area contributed by atoms with E-state index < -0.39 is 0 Å². The number of hydrazone groups is 1. The van der Waals surface area contributed by atoms with E-state index in [9.17, 15) is 0 Å². The lowest BCUT2D eigenvalue weighted by atomic mass is 10.3. The van der Waals surface area contributed by atoms with Crippen molar-refractivity contribution in [1.82, 2.24) is 10.3 Å². The highest BCUT2D eigenvalue weighted by atomic mass is 32.1. The Labute approximate surface area is 84.2 Å². The summed E-state index contributed by atoms with van der Waals surface area (Å²) < 4.78 is 0. The summed E-state index contributed by atoms with van der Waals surface area (Å²) >= 11 is 4.66. The van der Waals surface area contributed by atoms with Crippen molar-refractivity contribution < 1.29 is 0 Å². The molecule has 0 aromatic carbocycles. The van der Waals surface area contributed by atoms with Crippen molar-refractivity contribution in [2.24, 2.45) is 10.8 Å². The summed E-state index contributed by atoms with van der Waals surface area (Å²) in [6.45, 7) is 5.38. The van der Waals surface area contributed by atoms with Crippen molar-refractivity contribution in [1.29, 1.82) is 0 Å². The summed E-state index contributed by atoms with van der Waals surface area (Å²) in [4.78, 5) is 2.38. The average Bonchev–Trinajstić information content (AvgIpc) is 2.50. The second-order valence-corrected chi connectivity index (χ2v) is 3.62. The van der Waals surface area contributed by atoms with E-state index >= 15 is 0 Å². The van der Waals surface area contributed by atoms with Gasteiger partial charge >= 0.3 is 0 Å². The molecular weight excluding hydrogens is 184 g/mol. The minimum absolute atomic E-state index is 0.237. The Hall–Kier alpha value is -0.680. The molecule has 0 atom stereocenters. The molecule has 0 amide bonds. The summed E-state index contributed by atoms with van der Waals surface area (Å²) in [6.07, 6.45) is 2.21. The largest absolute Gasteiger partial charge is 0.375 e. The molecule has 0 aliphatic carbocycles. The normalized spacial score (nSPS) is 20.8. The monoisotopic (exact) mass is 200 g/mol. The number of thiocarbonyl (C=S) groups is 1. The molecule has 1 saturated heterocycles. The van der Waals surface area contributed by atoms with Gasteiger partial charge in [0.2, 0.25) is 0 Å². The predicted octanol–water partition coefficient (Wildman–Crippen LogP) is 0.291. The van der Waals surface area contributed by atoms with Crippen molar-refractivity contribution >= 4 is 23.0 Å². The van der Waals surface area contributed by atoms with Crippen LogP contribution in [0.25, 0.3) is 0 Å². The van der Waals surface area contributed by atoms with Crippen LogP contribution in [0.3, 0.4) is 0 Å². The van der Waals surface area contributed by atoms with Crippen LogP contribution < -0.4 is 11.2 Å². The van der Waals surface area contributed by atoms with E-state index in [0.29, 0.717) is 0 Å². The van der Waals surface area contributed by atoms with Crippen LogP contribution in [-0.4, -0.2) is 35.4 Å². The van der Waals surface area contributed by atoms with E-state index in [1.807, 2.05) is 0 Å². The van der Waals surface area contributed by atoms with Gasteiger partial charge in [0.05, 0.1) is 5.71 Å². The van der Waals surface area contributed by atoms with Crippen molar-refractivity contribution in [3.8, 4) is 0 Å². The molecule has 1 heterocycles. The molecular formula is C8H16N4S. The maximum Gasteiger partial charge on any atom is 0.184 e. The van der Waals surface area contributed by atoms with Gasteiger partial charge in [-0.25, -0.2) is 0 Å². The number of rotatable bonds is 3. The number of likely N-dealkylation sites (tertiary alicyclic amines) is 1. The van der Waals surface area contributed by atoms with E-state index in [2.05, 4.69) is 34.6 Å². The molecule has 3 N–H and O–H groups in total. The van der Waals surface area contributed by atoms with Crippen molar-refractivity contribution in [2.75, 3.05) is 19.6 Å². The highest BCUT2D eigenvalue weighted by Gasteiger charge is 2.16. The lowest BCUT2D eigenvalue weighted by Gasteiger charge is -2.11. The van der Waals surface area contributed by atoms with E-state index in [0.717, 1.165) is 31.8 Å². The molecule has 1 aliphatic heterocycles. The molecule has 0 unspecified atom stereocenters. The van der Waals surface area contributed by atoms with Crippen LogP contribution in [0.2, 0.25) is 0 Å². The zero-order valence-electron chi connectivity index (χ0n) is 7.92. The lowest BCUT2D eigenvalue weighted by Crippen LogP contribution is -2.26. The molecule has 74 valence electrons. The molecule has 0 radical (unpaired) electrons. The Morgan fingerprint density at radius 1 is 1.77 bits per heavy atom. The molecule has 4 nitrogen and oxygen atoms in total. The van der Waals surface area contributed by atoms with Crippen LogP contribution in [0.5, 0.6) is 0 Å². The minimum Gasteiger partial charge on any atom is -0.375 e. The van der Waals surface area contributed by atoms with E-state index in [4.69, 9.17) is 5.73 Å². The number of hydrogen-bond acceptors (Lipinski definition) is 3. The Bertz CT molecular complexity index is 214. The standard InChI is InChI=1S/C8H16N4S/c1-2-4-12-5-3-7(6-12)10-11-8(9)13/h2-6H2,1H3,(H3,9,11,13)/b10-7-. The SMILES string of the molecule is CCCN1CC/C(=N/NC(N)=S)C1. The molecule has 0 saturated carbocycles. The van der Waals surface area contributed by atoms with Crippen LogP contribution in [0.1, 0.15) is 19.8 Å². The van der Waals surface area contributed by atoms with Crippen molar-refractivity contribution in [3.63, 3.8) is 0 Å². The minimum atomic E-state index is 0.237. The van der Waals surface area contributed by atoms with Crippen molar-refractivity contribution in [3.05, 3.63) is 0 Å². The maximum absolute atomic E-state index is 5.26. The molecule has 0 aromatic heterocycles. The maximum atomic E-state index is 5.26. The van der Waals surface area contributed by atoms with Gasteiger partial charge in [-0.2, -0.15) is 5.10 Å². The van der Waals surface area contributed by atoms with Gasteiger partial charge < -0.3 is 5.73 Å². The lowest BCUT2D eigenvalue weighted by molar-refractivity contribution is 0.349. The predicted molar refractivity (Wildman–Crippen MR) is 58.7 cm³/mol. The summed E-state index contributed by atoms with van der Waals surface area (Å²) in [5.74, 6) is 0. The zero-order chi connectivity index (χ0) is 9.68. The topological polar surface area (TPSA) is 53.6 Å². The molecule has 0 bridgehead atoms. The highest BCUT2D eigenvalue weighted by Crippen LogP contribution is 2.05. The highest BCUT2D eigenvalue weighted by molar-refractivity contribution is 7.80. The Morgan fingerprint density at radius 2 is 2.54 bits per heavy atom. The number of nitrogens with zero attached hydrogens (tertiary/aromatic N) is 2. The number of nitrogens with two attached hydrogens (primary N) is 1. The quantitative estimate of drug-likeness (QED) is 0.508. The Kier molecular flexibility index (Phi) is 4.11. The number of nitrogens with one attached hydrogen (secondary N) is 1. The van der Waals surface area contributed by atoms with Gasteiger partial charge in [0.25, 0.3) is 0 Å². The fourth-order valence-corrected chi connectivity index (χ4v) is 1.48. The van der Waals surface area contributed by atoms with E-state index in [1.165, 1.54) is 6.42 Å². The van der Waals surface area contributed by atoms with E-state index in [-0.39, 0.29) is 5.11 Å². The van der Waals surface area contributed by atoms with Crippen LogP contribution >= 0.6 is 12.2 Å². The average molecular weight is 200 g/mol. The van der Waals surface area contributed by atoms with Gasteiger partial charge in [0, 0.05) is 19.5 Å². The fourth-order valence-electron chi connectivity index (χ4n) is 1.44. The Morgan fingerprint density at radius 3 is 3.15 bits per heavy atom. The van der Waals surface area contributed by atoms with Gasteiger partial charge in [-0.05, 0) is 25.2 Å². The van der Waals surface area contributed by atoms with Gasteiger partial charge in [0.1, 0.15) is 0 Å². The van der Waals surface area contributed by atoms with Gasteiger partial charge in [0.15, 0.2) is 5.11 Å². The van der Waals surface area contributed by atoms with Gasteiger partial charge in [-0.15, -0.1) is 0 Å². The van der Waals surface area contributed by atoms with Gasteiger partial charge in [-0.1, -0.05) is 6.92 Å². The third-order valence-electron chi connectivity index (χ3n) is 1.99. The van der Waals surface area contributed by atoms with Crippen LogP contribution in [-0.2, 0) is 0 Å². The second-order valence-electron chi connectivity index (χ2n) is 3.18. The molecule has 0 aromatic rings. The molecule has 0 spiro atoms. The first-order valence-corrected chi connectivity index (χ1v) is 4.96. The summed E-state index contributed by atoms with van der Waals surface area (Å²) in [5, 5.41) is 4.35. The first-order valence-electron chi connectivity index (χ1n) is 4.55. The summed E-state index contributed by atoms with van der Waals surface area (Å²) in [5.41, 5.74) is 9.02. The molecule has 5 heteroatoms. The number of hydrogen-bond donors (Lipinski definition) is 2. The Balaban J connectivity index is 2.31. The fraction of sp³-hybridized carbons (Fsp3) is 0.750. The molecule has 1 rings (SSSR count). The first kappa shape index (κ1) is 10.4.